The first-order chi connectivity index (χ1) is 14.8. The van der Waals surface area contributed by atoms with Gasteiger partial charge in [-0.3, -0.25) is 9.59 Å². The zero-order chi connectivity index (χ0) is 22.7. The summed E-state index contributed by atoms with van der Waals surface area (Å²) in [6, 6.07) is 7.36. The number of aliphatic hydroxyl groups excluding tert-OH is 1. The number of aryl methyl sites for hydroxylation is 1. The fourth-order valence-electron chi connectivity index (χ4n) is 3.76. The summed E-state index contributed by atoms with van der Waals surface area (Å²) in [7, 11) is 1.46. The number of likely N-dealkylation sites (tertiary alicyclic amines) is 1. The van der Waals surface area contributed by atoms with Gasteiger partial charge in [0.15, 0.2) is 0 Å². The highest BCUT2D eigenvalue weighted by Crippen LogP contribution is 2.40. The van der Waals surface area contributed by atoms with E-state index in [1.54, 1.807) is 31.2 Å². The Labute approximate surface area is 186 Å². The largest absolute Gasteiger partial charge is 0.507 e. The van der Waals surface area contributed by atoms with Gasteiger partial charge < -0.3 is 24.1 Å². The zero-order valence-electron chi connectivity index (χ0n) is 18.1. The van der Waals surface area contributed by atoms with E-state index >= 15 is 0 Å². The maximum Gasteiger partial charge on any atom is 0.295 e. The molecule has 8 heteroatoms. The number of methoxy groups -OCH3 is 1. The summed E-state index contributed by atoms with van der Waals surface area (Å²) in [5, 5.41) is 11.4. The van der Waals surface area contributed by atoms with Crippen LogP contribution in [-0.4, -0.2) is 59.9 Å². The number of nitrogens with zero attached hydrogens (tertiary/aromatic N) is 2. The summed E-state index contributed by atoms with van der Waals surface area (Å²) < 4.78 is 11.0. The maximum atomic E-state index is 13.0. The van der Waals surface area contributed by atoms with E-state index < -0.39 is 17.7 Å². The molecular weight excluding hydrogens is 420 g/mol. The number of likely N-dealkylation sites (N-methyl/N-ethyl adjacent to an activating group) is 1. The van der Waals surface area contributed by atoms with Gasteiger partial charge in [-0.25, -0.2) is 0 Å². The summed E-state index contributed by atoms with van der Waals surface area (Å²) in [5.74, 6) is -0.264. The van der Waals surface area contributed by atoms with Crippen molar-refractivity contribution in [3.63, 3.8) is 0 Å². The van der Waals surface area contributed by atoms with Crippen molar-refractivity contribution in [3.8, 4) is 5.75 Å². The lowest BCUT2D eigenvalue weighted by molar-refractivity contribution is -0.140. The van der Waals surface area contributed by atoms with E-state index in [0.717, 1.165) is 13.1 Å². The minimum Gasteiger partial charge on any atom is -0.507 e. The number of furan rings is 1. The van der Waals surface area contributed by atoms with Gasteiger partial charge in [0.05, 0.1) is 17.7 Å². The maximum absolute atomic E-state index is 13.0. The zero-order valence-corrected chi connectivity index (χ0v) is 18.9. The Balaban J connectivity index is 2.09. The Morgan fingerprint density at radius 1 is 1.23 bits per heavy atom. The Kier molecular flexibility index (Phi) is 7.08. The van der Waals surface area contributed by atoms with Gasteiger partial charge in [0.1, 0.15) is 29.1 Å². The second kappa shape index (κ2) is 9.58. The molecule has 7 nitrogen and oxygen atoms in total. The minimum atomic E-state index is -0.814. The average molecular weight is 447 g/mol. The molecule has 1 N–H and O–H groups in total. The lowest BCUT2D eigenvalue weighted by Crippen LogP contribution is -2.37. The predicted molar refractivity (Wildman–Crippen MR) is 118 cm³/mol. The van der Waals surface area contributed by atoms with Gasteiger partial charge in [-0.15, -0.1) is 0 Å². The topological polar surface area (TPSA) is 83.2 Å². The van der Waals surface area contributed by atoms with Crippen LogP contribution in [0.15, 0.2) is 40.3 Å². The van der Waals surface area contributed by atoms with Gasteiger partial charge in [-0.05, 0) is 50.3 Å². The normalized spacial score (nSPS) is 18.3. The number of Topliss-reactive ketones (excluding diaryl/α,β-unsaturated/α-hetero) is 1. The molecule has 0 radical (unpaired) electrons. The smallest absolute Gasteiger partial charge is 0.295 e. The van der Waals surface area contributed by atoms with E-state index in [2.05, 4.69) is 4.90 Å². The molecule has 0 saturated carbocycles. The van der Waals surface area contributed by atoms with Crippen LogP contribution in [0.3, 0.4) is 0 Å². The highest BCUT2D eigenvalue weighted by Gasteiger charge is 2.47. The van der Waals surface area contributed by atoms with Crippen LogP contribution in [-0.2, 0) is 9.59 Å². The van der Waals surface area contributed by atoms with Crippen LogP contribution >= 0.6 is 11.6 Å². The van der Waals surface area contributed by atoms with E-state index in [9.17, 15) is 14.7 Å². The number of aliphatic hydroxyl groups is 1. The molecule has 0 aliphatic carbocycles. The van der Waals surface area contributed by atoms with Crippen molar-refractivity contribution in [2.45, 2.75) is 26.8 Å². The number of carbonyl (C=O) groups is 2. The summed E-state index contributed by atoms with van der Waals surface area (Å²) in [4.78, 5) is 29.6. The molecule has 1 amide bonds. The molecule has 1 saturated heterocycles. The van der Waals surface area contributed by atoms with Crippen LogP contribution in [0.4, 0.5) is 0 Å². The predicted octanol–water partition coefficient (Wildman–Crippen LogP) is 4.01. The van der Waals surface area contributed by atoms with Gasteiger partial charge >= 0.3 is 0 Å². The Morgan fingerprint density at radius 2 is 1.94 bits per heavy atom. The molecule has 3 rings (SSSR count). The summed E-state index contributed by atoms with van der Waals surface area (Å²) >= 11 is 6.09. The van der Waals surface area contributed by atoms with Crippen LogP contribution in [0.1, 0.15) is 37.0 Å². The van der Waals surface area contributed by atoms with Crippen LogP contribution in [0.25, 0.3) is 5.76 Å². The fourth-order valence-corrected chi connectivity index (χ4v) is 3.95. The molecule has 1 aliphatic rings. The van der Waals surface area contributed by atoms with Crippen molar-refractivity contribution in [1.82, 2.24) is 9.80 Å². The highest BCUT2D eigenvalue weighted by atomic mass is 35.5. The number of rotatable bonds is 8. The molecule has 2 aromatic rings. The van der Waals surface area contributed by atoms with Gasteiger partial charge in [-0.2, -0.15) is 0 Å². The van der Waals surface area contributed by atoms with Crippen LogP contribution in [0.2, 0.25) is 5.02 Å². The van der Waals surface area contributed by atoms with Gasteiger partial charge in [-0.1, -0.05) is 25.4 Å². The lowest BCUT2D eigenvalue weighted by Gasteiger charge is -2.26. The number of amides is 1. The molecule has 1 aromatic carbocycles. The third-order valence-corrected chi connectivity index (χ3v) is 5.86. The number of ether oxygens (including phenoxy) is 1. The SMILES string of the molecule is CCN(CC)CCN1C(=O)C(=O)/C(=C(\O)c2ccc(Cl)c(OC)c2)C1c1ccc(C)o1. The van der Waals surface area contributed by atoms with Crippen molar-refractivity contribution >= 4 is 29.1 Å². The first kappa shape index (κ1) is 22.9. The quantitative estimate of drug-likeness (QED) is 0.374. The first-order valence-corrected chi connectivity index (χ1v) is 10.6. The molecule has 1 aromatic heterocycles. The highest BCUT2D eigenvalue weighted by molar-refractivity contribution is 6.46. The molecule has 2 heterocycles. The summed E-state index contributed by atoms with van der Waals surface area (Å²) in [6.45, 7) is 8.46. The lowest BCUT2D eigenvalue weighted by atomic mass is 9.99. The Morgan fingerprint density at radius 3 is 2.52 bits per heavy atom. The number of hydrogen-bond acceptors (Lipinski definition) is 6. The molecule has 0 spiro atoms. The molecule has 31 heavy (non-hydrogen) atoms. The number of benzene rings is 1. The Bertz CT molecular complexity index is 1010. The van der Waals surface area contributed by atoms with E-state index in [1.165, 1.54) is 18.1 Å². The minimum absolute atomic E-state index is 0.0109. The van der Waals surface area contributed by atoms with Crippen LogP contribution in [0.5, 0.6) is 5.75 Å². The van der Waals surface area contributed by atoms with Crippen molar-refractivity contribution in [1.29, 1.82) is 0 Å². The van der Waals surface area contributed by atoms with Gasteiger partial charge in [0.2, 0.25) is 0 Å². The van der Waals surface area contributed by atoms with E-state index in [4.69, 9.17) is 20.8 Å². The third kappa shape index (κ3) is 4.48. The number of ketones is 1. The van der Waals surface area contributed by atoms with Crippen molar-refractivity contribution in [2.75, 3.05) is 33.3 Å². The summed E-state index contributed by atoms with van der Waals surface area (Å²) in [5.41, 5.74) is 0.319. The monoisotopic (exact) mass is 446 g/mol. The average Bonchev–Trinajstić information content (AvgIpc) is 3.30. The van der Waals surface area contributed by atoms with Gasteiger partial charge in [0.25, 0.3) is 11.7 Å². The molecule has 1 unspecified atom stereocenters. The fraction of sp³-hybridized carbons (Fsp3) is 0.391. The molecular formula is C23H27ClN2O5. The van der Waals surface area contributed by atoms with Gasteiger partial charge in [0, 0.05) is 18.7 Å². The molecule has 1 atom stereocenters. The van der Waals surface area contributed by atoms with E-state index in [-0.39, 0.29) is 11.3 Å². The Hall–Kier alpha value is -2.77. The van der Waals surface area contributed by atoms with Crippen molar-refractivity contribution in [2.24, 2.45) is 0 Å². The van der Waals surface area contributed by atoms with Crippen LogP contribution < -0.4 is 4.74 Å². The molecule has 0 bridgehead atoms. The van der Waals surface area contributed by atoms with Crippen molar-refractivity contribution in [3.05, 3.63) is 58.0 Å². The van der Waals surface area contributed by atoms with E-state index in [1.807, 2.05) is 13.8 Å². The molecule has 166 valence electrons. The standard InChI is InChI=1S/C23H27ClN2O5/c1-5-25(6-2)11-12-26-20(17-10-7-14(3)31-17)19(22(28)23(26)29)21(27)15-8-9-16(24)18(13-15)30-4/h7-10,13,20,27H,5-6,11-12H2,1-4H3/b21-19-. The molecule has 1 fully saturated rings. The number of hydrogen-bond donors (Lipinski definition) is 1. The number of halogens is 1. The first-order valence-electron chi connectivity index (χ1n) is 10.2. The second-order valence-electron chi connectivity index (χ2n) is 7.32. The second-order valence-corrected chi connectivity index (χ2v) is 7.72. The summed E-state index contributed by atoms with van der Waals surface area (Å²) in [6.07, 6.45) is 0. The third-order valence-electron chi connectivity index (χ3n) is 5.55. The van der Waals surface area contributed by atoms with Crippen molar-refractivity contribution < 1.29 is 23.8 Å². The number of carbonyl (C=O) groups excluding carboxylic acids is 2. The van der Waals surface area contributed by atoms with Crippen LogP contribution in [0, 0.1) is 6.92 Å². The van der Waals surface area contributed by atoms with E-state index in [0.29, 0.717) is 40.9 Å². The molecule has 1 aliphatic heterocycles.